The largest absolute Gasteiger partial charge is 0.342 e. The monoisotopic (exact) mass is 183 g/mol. The van der Waals surface area contributed by atoms with Gasteiger partial charge >= 0.3 is 0 Å². The minimum atomic E-state index is 0.369. The van der Waals surface area contributed by atoms with Gasteiger partial charge in [-0.25, -0.2) is 0 Å². The van der Waals surface area contributed by atoms with E-state index in [0.29, 0.717) is 11.8 Å². The summed E-state index contributed by atoms with van der Waals surface area (Å²) >= 11 is 0. The van der Waals surface area contributed by atoms with Gasteiger partial charge in [0.15, 0.2) is 0 Å². The maximum absolute atomic E-state index is 11.6. The summed E-state index contributed by atoms with van der Waals surface area (Å²) in [5.41, 5.74) is 0. The molecular formula is C11H21NO. The van der Waals surface area contributed by atoms with Crippen LogP contribution in [0.3, 0.4) is 0 Å². The fraction of sp³-hybridized carbons (Fsp3) is 0.909. The predicted molar refractivity (Wildman–Crippen MR) is 54.5 cm³/mol. The molecule has 0 aromatic heterocycles. The van der Waals surface area contributed by atoms with Gasteiger partial charge in [-0.05, 0) is 25.2 Å². The Bertz CT molecular complexity index is 167. The molecule has 1 amide bonds. The Hall–Kier alpha value is -0.530. The number of unbranched alkanes of at least 4 members (excludes halogenated alkanes) is 1. The fourth-order valence-electron chi connectivity index (χ4n) is 1.90. The number of hydrogen-bond donors (Lipinski definition) is 0. The smallest absolute Gasteiger partial charge is 0.222 e. The fourth-order valence-corrected chi connectivity index (χ4v) is 1.90. The van der Waals surface area contributed by atoms with Crippen LogP contribution in [0.1, 0.15) is 46.0 Å². The summed E-state index contributed by atoms with van der Waals surface area (Å²) in [4.78, 5) is 13.7. The molecule has 0 N–H and O–H groups in total. The maximum Gasteiger partial charge on any atom is 0.222 e. The molecule has 76 valence electrons. The first-order valence-corrected chi connectivity index (χ1v) is 5.51. The second-order valence-corrected chi connectivity index (χ2v) is 4.19. The van der Waals surface area contributed by atoms with Crippen molar-refractivity contribution in [3.8, 4) is 0 Å². The summed E-state index contributed by atoms with van der Waals surface area (Å²) < 4.78 is 0. The van der Waals surface area contributed by atoms with Crippen molar-refractivity contribution in [1.29, 1.82) is 0 Å². The van der Waals surface area contributed by atoms with Crippen LogP contribution >= 0.6 is 0 Å². The number of carbonyl (C=O) groups excluding carboxylic acids is 1. The number of likely N-dealkylation sites (tertiary alicyclic amines) is 1. The molecule has 0 radical (unpaired) electrons. The first-order valence-electron chi connectivity index (χ1n) is 5.51. The highest BCUT2D eigenvalue weighted by Gasteiger charge is 2.19. The lowest BCUT2D eigenvalue weighted by Gasteiger charge is -2.31. The van der Waals surface area contributed by atoms with Crippen molar-refractivity contribution < 1.29 is 4.79 Å². The predicted octanol–water partition coefficient (Wildman–Crippen LogP) is 2.44. The highest BCUT2D eigenvalue weighted by molar-refractivity contribution is 5.76. The van der Waals surface area contributed by atoms with Crippen LogP contribution in [0, 0.1) is 5.92 Å². The summed E-state index contributed by atoms with van der Waals surface area (Å²) in [5.74, 6) is 1.08. The Morgan fingerprint density at radius 3 is 2.92 bits per heavy atom. The van der Waals surface area contributed by atoms with Gasteiger partial charge in [-0.3, -0.25) is 4.79 Å². The molecule has 1 heterocycles. The van der Waals surface area contributed by atoms with Crippen LogP contribution in [0.5, 0.6) is 0 Å². The van der Waals surface area contributed by atoms with Crippen molar-refractivity contribution in [3.05, 3.63) is 0 Å². The van der Waals surface area contributed by atoms with Gasteiger partial charge in [0.2, 0.25) is 5.91 Å². The number of amides is 1. The quantitative estimate of drug-likeness (QED) is 0.658. The molecule has 0 aromatic carbocycles. The molecule has 13 heavy (non-hydrogen) atoms. The van der Waals surface area contributed by atoms with E-state index >= 15 is 0 Å². The van der Waals surface area contributed by atoms with Crippen LogP contribution in [0.2, 0.25) is 0 Å². The summed E-state index contributed by atoms with van der Waals surface area (Å²) in [6.45, 7) is 6.35. The second kappa shape index (κ2) is 5.25. The van der Waals surface area contributed by atoms with Crippen molar-refractivity contribution in [2.75, 3.05) is 13.1 Å². The van der Waals surface area contributed by atoms with Crippen molar-refractivity contribution in [1.82, 2.24) is 4.90 Å². The molecule has 1 atom stereocenters. The minimum absolute atomic E-state index is 0.369. The number of carbonyl (C=O) groups is 1. The van der Waals surface area contributed by atoms with Crippen LogP contribution in [-0.2, 0) is 4.79 Å². The summed E-state index contributed by atoms with van der Waals surface area (Å²) in [5, 5.41) is 0. The summed E-state index contributed by atoms with van der Waals surface area (Å²) in [6, 6.07) is 0. The lowest BCUT2D eigenvalue weighted by molar-refractivity contribution is -0.133. The number of nitrogens with zero attached hydrogens (tertiary/aromatic N) is 1. The van der Waals surface area contributed by atoms with E-state index in [9.17, 15) is 4.79 Å². The Morgan fingerprint density at radius 1 is 1.54 bits per heavy atom. The molecule has 0 spiro atoms. The third kappa shape index (κ3) is 3.37. The van der Waals surface area contributed by atoms with Crippen molar-refractivity contribution in [3.63, 3.8) is 0 Å². The Labute approximate surface area is 81.3 Å². The highest BCUT2D eigenvalue weighted by atomic mass is 16.2. The zero-order chi connectivity index (χ0) is 9.68. The first kappa shape index (κ1) is 10.6. The molecule has 0 aromatic rings. The van der Waals surface area contributed by atoms with E-state index in [4.69, 9.17) is 0 Å². The van der Waals surface area contributed by atoms with E-state index in [1.807, 2.05) is 4.90 Å². The van der Waals surface area contributed by atoms with Gasteiger partial charge in [0, 0.05) is 19.5 Å². The average molecular weight is 183 g/mol. The molecule has 0 bridgehead atoms. The minimum Gasteiger partial charge on any atom is -0.342 e. The molecule has 1 rings (SSSR count). The van der Waals surface area contributed by atoms with Gasteiger partial charge in [-0.15, -0.1) is 0 Å². The second-order valence-electron chi connectivity index (χ2n) is 4.19. The van der Waals surface area contributed by atoms with Gasteiger partial charge in [-0.1, -0.05) is 20.3 Å². The van der Waals surface area contributed by atoms with E-state index in [1.54, 1.807) is 0 Å². The van der Waals surface area contributed by atoms with Crippen LogP contribution in [-0.4, -0.2) is 23.9 Å². The topological polar surface area (TPSA) is 20.3 Å². The molecule has 1 fully saturated rings. The zero-order valence-electron chi connectivity index (χ0n) is 8.88. The van der Waals surface area contributed by atoms with Gasteiger partial charge in [0.05, 0.1) is 0 Å². The lowest BCUT2D eigenvalue weighted by Crippen LogP contribution is -2.38. The van der Waals surface area contributed by atoms with Crippen LogP contribution in [0.15, 0.2) is 0 Å². The summed E-state index contributed by atoms with van der Waals surface area (Å²) in [6.07, 6.45) is 5.40. The molecule has 1 aliphatic heterocycles. The molecule has 1 aliphatic rings. The number of piperidine rings is 1. The molecule has 2 heteroatoms. The normalized spacial score (nSPS) is 23.2. The van der Waals surface area contributed by atoms with Crippen molar-refractivity contribution >= 4 is 5.91 Å². The lowest BCUT2D eigenvalue weighted by atomic mass is 10.00. The third-order valence-corrected chi connectivity index (χ3v) is 2.75. The van der Waals surface area contributed by atoms with E-state index in [0.717, 1.165) is 32.4 Å². The zero-order valence-corrected chi connectivity index (χ0v) is 8.88. The third-order valence-electron chi connectivity index (χ3n) is 2.75. The Kier molecular flexibility index (Phi) is 4.26. The first-order chi connectivity index (χ1) is 6.24. The highest BCUT2D eigenvalue weighted by Crippen LogP contribution is 2.16. The van der Waals surface area contributed by atoms with E-state index in [2.05, 4.69) is 13.8 Å². The Balaban J connectivity index is 2.28. The SMILES string of the molecule is CCCCC(=O)N1CCC[C@H](C)C1. The van der Waals surface area contributed by atoms with Crippen LogP contribution < -0.4 is 0 Å². The van der Waals surface area contributed by atoms with Crippen LogP contribution in [0.25, 0.3) is 0 Å². The molecule has 0 aliphatic carbocycles. The van der Waals surface area contributed by atoms with E-state index in [1.165, 1.54) is 12.8 Å². The van der Waals surface area contributed by atoms with Crippen molar-refractivity contribution in [2.45, 2.75) is 46.0 Å². The molecule has 0 unspecified atom stereocenters. The van der Waals surface area contributed by atoms with Gasteiger partial charge in [-0.2, -0.15) is 0 Å². The maximum atomic E-state index is 11.6. The van der Waals surface area contributed by atoms with Gasteiger partial charge in [0.1, 0.15) is 0 Å². The number of rotatable bonds is 3. The van der Waals surface area contributed by atoms with Gasteiger partial charge in [0.25, 0.3) is 0 Å². The average Bonchev–Trinajstić information content (AvgIpc) is 2.14. The van der Waals surface area contributed by atoms with Crippen LogP contribution in [0.4, 0.5) is 0 Å². The van der Waals surface area contributed by atoms with E-state index < -0.39 is 0 Å². The number of hydrogen-bond acceptors (Lipinski definition) is 1. The standard InChI is InChI=1S/C11H21NO/c1-3-4-7-11(13)12-8-5-6-10(2)9-12/h10H,3-9H2,1-2H3/t10-/m0/s1. The summed E-state index contributed by atoms with van der Waals surface area (Å²) in [7, 11) is 0. The van der Waals surface area contributed by atoms with E-state index in [-0.39, 0.29) is 0 Å². The molecule has 0 saturated carbocycles. The van der Waals surface area contributed by atoms with Crippen molar-refractivity contribution in [2.24, 2.45) is 5.92 Å². The molecular weight excluding hydrogens is 162 g/mol. The molecule has 1 saturated heterocycles. The Morgan fingerprint density at radius 2 is 2.31 bits per heavy atom. The molecule has 2 nitrogen and oxygen atoms in total. The van der Waals surface area contributed by atoms with Gasteiger partial charge < -0.3 is 4.90 Å².